The van der Waals surface area contributed by atoms with Gasteiger partial charge in [0.1, 0.15) is 5.78 Å². The van der Waals surface area contributed by atoms with Crippen LogP contribution in [-0.2, 0) is 4.79 Å². The number of piperidine rings is 1. The maximum Gasteiger partial charge on any atom is 0.135 e. The maximum atomic E-state index is 11.1. The van der Waals surface area contributed by atoms with Crippen LogP contribution in [0.5, 0.6) is 0 Å². The van der Waals surface area contributed by atoms with Gasteiger partial charge in [0.2, 0.25) is 0 Å². The van der Waals surface area contributed by atoms with E-state index in [0.29, 0.717) is 11.8 Å². The lowest BCUT2D eigenvalue weighted by molar-refractivity contribution is -0.122. The third-order valence-corrected chi connectivity index (χ3v) is 2.75. The Hall–Kier alpha value is -0.630. The summed E-state index contributed by atoms with van der Waals surface area (Å²) >= 11 is 0. The van der Waals surface area contributed by atoms with Crippen LogP contribution < -0.4 is 0 Å². The highest BCUT2D eigenvalue weighted by Gasteiger charge is 2.22. The Morgan fingerprint density at radius 1 is 1.69 bits per heavy atom. The molecule has 2 heteroatoms. The number of likely N-dealkylation sites (tertiary alicyclic amines) is 1. The van der Waals surface area contributed by atoms with Crippen LogP contribution in [0, 0.1) is 0 Å². The number of carbonyl (C=O) groups is 1. The second-order valence-electron chi connectivity index (χ2n) is 3.92. The minimum atomic E-state index is 0.407. The molecule has 1 rings (SSSR count). The second kappa shape index (κ2) is 4.56. The van der Waals surface area contributed by atoms with E-state index < -0.39 is 0 Å². The molecule has 0 spiro atoms. The van der Waals surface area contributed by atoms with Crippen molar-refractivity contribution in [3.8, 4) is 0 Å². The van der Waals surface area contributed by atoms with Crippen molar-refractivity contribution in [2.24, 2.45) is 0 Å². The van der Waals surface area contributed by atoms with Gasteiger partial charge in [0.15, 0.2) is 0 Å². The fraction of sp³-hybridized carbons (Fsp3) is 0.727. The van der Waals surface area contributed by atoms with Crippen LogP contribution in [-0.4, -0.2) is 29.8 Å². The molecule has 1 atom stereocenters. The molecule has 0 aromatic carbocycles. The summed E-state index contributed by atoms with van der Waals surface area (Å²) < 4.78 is 0. The van der Waals surface area contributed by atoms with E-state index in [2.05, 4.69) is 25.3 Å². The van der Waals surface area contributed by atoms with E-state index in [9.17, 15) is 4.79 Å². The lowest BCUT2D eigenvalue weighted by Gasteiger charge is -2.32. The molecule has 0 amide bonds. The van der Waals surface area contributed by atoms with Crippen LogP contribution in [0.1, 0.15) is 33.1 Å². The largest absolute Gasteiger partial charge is 0.300 e. The smallest absolute Gasteiger partial charge is 0.135 e. The summed E-state index contributed by atoms with van der Waals surface area (Å²) in [5.41, 5.74) is 1.26. The number of hydrogen-bond donors (Lipinski definition) is 0. The predicted octanol–water partition coefficient (Wildman–Crippen LogP) is 2.01. The summed E-state index contributed by atoms with van der Waals surface area (Å²) in [6.45, 7) is 10.1. The van der Waals surface area contributed by atoms with E-state index in [4.69, 9.17) is 0 Å². The summed E-state index contributed by atoms with van der Waals surface area (Å²) in [6.07, 6.45) is 2.48. The Balaban J connectivity index is 2.42. The molecular weight excluding hydrogens is 162 g/mol. The van der Waals surface area contributed by atoms with Gasteiger partial charge >= 0.3 is 0 Å². The summed E-state index contributed by atoms with van der Waals surface area (Å²) in [7, 11) is 0. The number of rotatable bonds is 3. The highest BCUT2D eigenvalue weighted by Crippen LogP contribution is 2.15. The highest BCUT2D eigenvalue weighted by atomic mass is 16.1. The summed E-state index contributed by atoms with van der Waals surface area (Å²) in [5.74, 6) is 0.408. The fourth-order valence-electron chi connectivity index (χ4n) is 1.68. The number of hydrogen-bond acceptors (Lipinski definition) is 2. The molecule has 13 heavy (non-hydrogen) atoms. The van der Waals surface area contributed by atoms with E-state index in [-0.39, 0.29) is 0 Å². The molecule has 0 saturated carbocycles. The number of nitrogens with zero attached hydrogens (tertiary/aromatic N) is 1. The van der Waals surface area contributed by atoms with E-state index in [1.807, 2.05) is 0 Å². The standard InChI is InChI=1S/C11H19NO/c1-4-9(2)8-12-6-5-11(13)7-10(12)3/h10H,2,4-8H2,1,3H3. The molecule has 1 unspecified atom stereocenters. The van der Waals surface area contributed by atoms with E-state index in [1.165, 1.54) is 5.57 Å². The minimum absolute atomic E-state index is 0.407. The zero-order valence-corrected chi connectivity index (χ0v) is 8.68. The van der Waals surface area contributed by atoms with E-state index in [0.717, 1.165) is 32.4 Å². The zero-order chi connectivity index (χ0) is 9.84. The molecule has 0 aromatic rings. The Kier molecular flexibility index (Phi) is 3.67. The van der Waals surface area contributed by atoms with Crippen molar-refractivity contribution in [2.75, 3.05) is 13.1 Å². The molecule has 1 aliphatic rings. The first-order valence-electron chi connectivity index (χ1n) is 5.06. The van der Waals surface area contributed by atoms with Gasteiger partial charge in [-0.25, -0.2) is 0 Å². The Labute approximate surface area is 80.6 Å². The lowest BCUT2D eigenvalue weighted by atomic mass is 10.0. The van der Waals surface area contributed by atoms with Crippen LogP contribution in [0.15, 0.2) is 12.2 Å². The Morgan fingerprint density at radius 2 is 2.38 bits per heavy atom. The quantitative estimate of drug-likeness (QED) is 0.621. The third kappa shape index (κ3) is 2.96. The summed E-state index contributed by atoms with van der Waals surface area (Å²) in [6, 6.07) is 0.407. The topological polar surface area (TPSA) is 20.3 Å². The molecule has 0 bridgehead atoms. The molecule has 1 saturated heterocycles. The summed E-state index contributed by atoms with van der Waals surface area (Å²) in [5, 5.41) is 0. The van der Waals surface area contributed by atoms with Crippen LogP contribution in [0.2, 0.25) is 0 Å². The summed E-state index contributed by atoms with van der Waals surface area (Å²) in [4.78, 5) is 13.5. The van der Waals surface area contributed by atoms with Crippen LogP contribution >= 0.6 is 0 Å². The van der Waals surface area contributed by atoms with Gasteiger partial charge in [0.05, 0.1) is 0 Å². The first-order valence-corrected chi connectivity index (χ1v) is 5.06. The highest BCUT2D eigenvalue weighted by molar-refractivity contribution is 5.79. The number of ketones is 1. The monoisotopic (exact) mass is 181 g/mol. The average molecular weight is 181 g/mol. The van der Waals surface area contributed by atoms with Crippen molar-refractivity contribution in [1.29, 1.82) is 0 Å². The molecule has 0 radical (unpaired) electrons. The molecule has 0 aromatic heterocycles. The van der Waals surface area contributed by atoms with Crippen LogP contribution in [0.4, 0.5) is 0 Å². The molecule has 74 valence electrons. The molecule has 1 heterocycles. The van der Waals surface area contributed by atoms with Gasteiger partial charge in [-0.05, 0) is 13.3 Å². The maximum absolute atomic E-state index is 11.1. The van der Waals surface area contributed by atoms with Crippen molar-refractivity contribution in [1.82, 2.24) is 4.90 Å². The van der Waals surface area contributed by atoms with Gasteiger partial charge in [-0.1, -0.05) is 19.1 Å². The molecular formula is C11H19NO. The average Bonchev–Trinajstić information content (AvgIpc) is 2.09. The van der Waals surface area contributed by atoms with Gasteiger partial charge < -0.3 is 0 Å². The molecule has 1 fully saturated rings. The van der Waals surface area contributed by atoms with Gasteiger partial charge in [0.25, 0.3) is 0 Å². The van der Waals surface area contributed by atoms with Crippen LogP contribution in [0.3, 0.4) is 0 Å². The fourth-order valence-corrected chi connectivity index (χ4v) is 1.68. The van der Waals surface area contributed by atoms with Gasteiger partial charge in [-0.15, -0.1) is 0 Å². The van der Waals surface area contributed by atoms with Gasteiger partial charge in [-0.3, -0.25) is 9.69 Å². The molecule has 1 aliphatic heterocycles. The normalized spacial score (nSPS) is 24.8. The SMILES string of the molecule is C=C(CC)CN1CCC(=O)CC1C. The first kappa shape index (κ1) is 10.5. The van der Waals surface area contributed by atoms with Gasteiger partial charge in [-0.2, -0.15) is 0 Å². The molecule has 2 nitrogen and oxygen atoms in total. The van der Waals surface area contributed by atoms with E-state index in [1.54, 1.807) is 0 Å². The Morgan fingerprint density at radius 3 is 2.92 bits per heavy atom. The van der Waals surface area contributed by atoms with Crippen molar-refractivity contribution >= 4 is 5.78 Å². The van der Waals surface area contributed by atoms with Crippen molar-refractivity contribution in [3.05, 3.63) is 12.2 Å². The van der Waals surface area contributed by atoms with Crippen molar-refractivity contribution in [2.45, 2.75) is 39.2 Å². The lowest BCUT2D eigenvalue weighted by Crippen LogP contribution is -2.41. The van der Waals surface area contributed by atoms with E-state index >= 15 is 0 Å². The second-order valence-corrected chi connectivity index (χ2v) is 3.92. The molecule has 0 N–H and O–H groups in total. The predicted molar refractivity (Wildman–Crippen MR) is 54.7 cm³/mol. The number of Topliss-reactive ketones (excluding diaryl/α,β-unsaturated/α-hetero) is 1. The zero-order valence-electron chi connectivity index (χ0n) is 8.68. The first-order chi connectivity index (χ1) is 6.13. The van der Waals surface area contributed by atoms with Crippen molar-refractivity contribution in [3.63, 3.8) is 0 Å². The van der Waals surface area contributed by atoms with Crippen molar-refractivity contribution < 1.29 is 4.79 Å². The third-order valence-electron chi connectivity index (χ3n) is 2.75. The van der Waals surface area contributed by atoms with Crippen LogP contribution in [0.25, 0.3) is 0 Å². The Bertz CT molecular complexity index is 210. The van der Waals surface area contributed by atoms with Gasteiger partial charge in [0, 0.05) is 32.0 Å². The number of carbonyl (C=O) groups excluding carboxylic acids is 1. The minimum Gasteiger partial charge on any atom is -0.300 e. The molecule has 0 aliphatic carbocycles.